The molecule has 1 saturated heterocycles. The van der Waals surface area contributed by atoms with E-state index in [-0.39, 0.29) is 48.1 Å². The van der Waals surface area contributed by atoms with Crippen molar-refractivity contribution in [2.24, 2.45) is 5.10 Å². The first-order valence-corrected chi connectivity index (χ1v) is 17.5. The van der Waals surface area contributed by atoms with Crippen LogP contribution in [0.3, 0.4) is 0 Å². The number of piperazine rings is 1. The number of non-ortho nitro benzene ring substituents is 2. The summed E-state index contributed by atoms with van der Waals surface area (Å²) in [6.45, 7) is 0.656. The number of para-hydroxylation sites is 1. The molecule has 5 aromatic rings. The number of sulfonamides is 1. The number of benzene rings is 4. The molecular weight excluding hydrogens is 697 g/mol. The van der Waals surface area contributed by atoms with E-state index in [1.54, 1.807) is 24.3 Å². The van der Waals surface area contributed by atoms with Gasteiger partial charge in [-0.3, -0.25) is 35.8 Å². The number of fused-ring (bicyclic) bond motifs is 1. The predicted molar refractivity (Wildman–Crippen MR) is 185 cm³/mol. The van der Waals surface area contributed by atoms with Crippen LogP contribution in [0.4, 0.5) is 28.4 Å². The van der Waals surface area contributed by atoms with E-state index < -0.39 is 30.5 Å². The largest absolute Gasteiger partial charge is 0.369 e. The quantitative estimate of drug-likeness (QED) is 0.0929. The smallest absolute Gasteiger partial charge is 0.283 e. The fourth-order valence-corrected chi connectivity index (χ4v) is 8.74. The van der Waals surface area contributed by atoms with Crippen LogP contribution >= 0.6 is 23.1 Å². The number of nitro groups is 3. The zero-order valence-electron chi connectivity index (χ0n) is 25.1. The molecule has 0 spiro atoms. The summed E-state index contributed by atoms with van der Waals surface area (Å²) in [5.74, 6) is 0. The molecule has 1 fully saturated rings. The summed E-state index contributed by atoms with van der Waals surface area (Å²) in [6, 6.07) is 21.3. The zero-order chi connectivity index (χ0) is 34.7. The molecule has 0 aliphatic carbocycles. The molecule has 49 heavy (non-hydrogen) atoms. The molecule has 0 amide bonds. The summed E-state index contributed by atoms with van der Waals surface area (Å²) < 4.78 is 30.4. The van der Waals surface area contributed by atoms with E-state index in [0.717, 1.165) is 22.3 Å². The van der Waals surface area contributed by atoms with Gasteiger partial charge in [-0.1, -0.05) is 30.0 Å². The molecule has 16 nitrogen and oxygen atoms in total. The Balaban J connectivity index is 1.19. The summed E-state index contributed by atoms with van der Waals surface area (Å²) in [5, 5.41) is 38.5. The van der Waals surface area contributed by atoms with Crippen LogP contribution in [0, 0.1) is 30.3 Å². The molecule has 0 radical (unpaired) electrons. The minimum absolute atomic E-state index is 0.0304. The molecule has 0 bridgehead atoms. The first-order valence-electron chi connectivity index (χ1n) is 14.4. The van der Waals surface area contributed by atoms with E-state index in [1.807, 2.05) is 29.2 Å². The number of rotatable bonds is 11. The molecule has 6 rings (SSSR count). The van der Waals surface area contributed by atoms with Crippen molar-refractivity contribution in [1.82, 2.24) is 9.29 Å². The van der Waals surface area contributed by atoms with Crippen molar-refractivity contribution in [2.75, 3.05) is 36.5 Å². The van der Waals surface area contributed by atoms with E-state index in [2.05, 4.69) is 15.5 Å². The minimum atomic E-state index is -4.25. The van der Waals surface area contributed by atoms with E-state index >= 15 is 0 Å². The number of nitro benzene ring substituents is 3. The van der Waals surface area contributed by atoms with Crippen LogP contribution in [-0.4, -0.2) is 64.9 Å². The Bertz CT molecular complexity index is 2190. The van der Waals surface area contributed by atoms with Crippen molar-refractivity contribution in [3.05, 3.63) is 121 Å². The summed E-state index contributed by atoms with van der Waals surface area (Å²) >= 11 is 2.59. The number of hydrazone groups is 1. The molecule has 250 valence electrons. The highest BCUT2D eigenvalue weighted by Crippen LogP contribution is 2.39. The van der Waals surface area contributed by atoms with Crippen molar-refractivity contribution in [2.45, 2.75) is 14.1 Å². The Morgan fingerprint density at radius 1 is 0.837 bits per heavy atom. The average Bonchev–Trinajstić information content (AvgIpc) is 3.51. The first kappa shape index (κ1) is 33.4. The highest BCUT2D eigenvalue weighted by molar-refractivity contribution is 8.01. The number of hydrogen-bond acceptors (Lipinski definition) is 14. The molecular formula is C30H24N8O8S3. The lowest BCUT2D eigenvalue weighted by atomic mass is 10.2. The SMILES string of the molecule is O=[N+]([O-])c1ccc(N2CCN(S(=O)(=O)c3cc([N+](=O)[O-])ccc3N/N=C\c3ccc(Sc4nc5ccccc5s4)c([N+](=O)[O-])c3)CC2)cc1. The topological polar surface area (TPSA) is 207 Å². The van der Waals surface area contributed by atoms with Crippen LogP contribution in [0.2, 0.25) is 0 Å². The minimum Gasteiger partial charge on any atom is -0.369 e. The molecule has 4 aromatic carbocycles. The Morgan fingerprint density at radius 3 is 2.20 bits per heavy atom. The van der Waals surface area contributed by atoms with Gasteiger partial charge >= 0.3 is 0 Å². The molecule has 1 aromatic heterocycles. The lowest BCUT2D eigenvalue weighted by Crippen LogP contribution is -2.48. The number of anilines is 2. The van der Waals surface area contributed by atoms with Crippen molar-refractivity contribution in [1.29, 1.82) is 0 Å². The molecule has 0 saturated carbocycles. The first-order chi connectivity index (χ1) is 23.5. The number of nitrogens with zero attached hydrogens (tertiary/aromatic N) is 7. The van der Waals surface area contributed by atoms with Gasteiger partial charge in [-0.25, -0.2) is 13.4 Å². The van der Waals surface area contributed by atoms with Crippen LogP contribution in [-0.2, 0) is 10.0 Å². The van der Waals surface area contributed by atoms with Crippen LogP contribution in [0.25, 0.3) is 10.2 Å². The fraction of sp³-hybridized carbons (Fsp3) is 0.133. The third kappa shape index (κ3) is 7.33. The zero-order valence-corrected chi connectivity index (χ0v) is 27.6. The van der Waals surface area contributed by atoms with Gasteiger partial charge in [0.1, 0.15) is 4.90 Å². The van der Waals surface area contributed by atoms with Crippen molar-refractivity contribution < 1.29 is 23.2 Å². The van der Waals surface area contributed by atoms with Crippen molar-refractivity contribution in [3.63, 3.8) is 0 Å². The number of aromatic nitrogens is 1. The molecule has 2 heterocycles. The van der Waals surface area contributed by atoms with Crippen molar-refractivity contribution >= 4 is 78.0 Å². The fourth-order valence-electron chi connectivity index (χ4n) is 5.05. The van der Waals surface area contributed by atoms with Crippen LogP contribution in [0.15, 0.2) is 104 Å². The number of nitrogens with one attached hydrogen (secondary N) is 1. The van der Waals surface area contributed by atoms with Crippen LogP contribution in [0.5, 0.6) is 0 Å². The van der Waals surface area contributed by atoms with E-state index in [0.29, 0.717) is 20.5 Å². The van der Waals surface area contributed by atoms with E-state index in [1.165, 1.54) is 57.9 Å². The monoisotopic (exact) mass is 720 g/mol. The second kappa shape index (κ2) is 13.9. The summed E-state index contributed by atoms with van der Waals surface area (Å²) in [4.78, 5) is 39.1. The Hall–Kier alpha value is -5.50. The van der Waals surface area contributed by atoms with Gasteiger partial charge < -0.3 is 4.90 Å². The van der Waals surface area contributed by atoms with Crippen LogP contribution < -0.4 is 10.3 Å². The van der Waals surface area contributed by atoms with Gasteiger partial charge in [0.05, 0.1) is 41.8 Å². The summed E-state index contributed by atoms with van der Waals surface area (Å²) in [7, 11) is -4.25. The van der Waals surface area contributed by atoms with Gasteiger partial charge in [-0.05, 0) is 36.4 Å². The Labute approximate surface area is 286 Å². The highest BCUT2D eigenvalue weighted by atomic mass is 32.2. The molecule has 0 atom stereocenters. The van der Waals surface area contributed by atoms with E-state index in [4.69, 9.17) is 0 Å². The number of hydrogen-bond donors (Lipinski definition) is 1. The Morgan fingerprint density at radius 2 is 1.53 bits per heavy atom. The van der Waals surface area contributed by atoms with Gasteiger partial charge in [0, 0.05) is 67.8 Å². The van der Waals surface area contributed by atoms with Crippen LogP contribution in [0.1, 0.15) is 5.56 Å². The van der Waals surface area contributed by atoms with Gasteiger partial charge in [-0.2, -0.15) is 9.41 Å². The van der Waals surface area contributed by atoms with Gasteiger partial charge in [0.15, 0.2) is 4.34 Å². The van der Waals surface area contributed by atoms with E-state index in [9.17, 15) is 38.8 Å². The van der Waals surface area contributed by atoms with Gasteiger partial charge in [0.2, 0.25) is 10.0 Å². The summed E-state index contributed by atoms with van der Waals surface area (Å²) in [5.41, 5.74) is 3.77. The lowest BCUT2D eigenvalue weighted by molar-refractivity contribution is -0.387. The van der Waals surface area contributed by atoms with Gasteiger partial charge in [0.25, 0.3) is 17.1 Å². The molecule has 1 N–H and O–H groups in total. The second-order valence-electron chi connectivity index (χ2n) is 10.5. The maximum absolute atomic E-state index is 13.8. The normalized spacial score (nSPS) is 13.9. The molecule has 0 unspecified atom stereocenters. The maximum atomic E-state index is 13.8. The third-order valence-electron chi connectivity index (χ3n) is 7.51. The molecule has 1 aliphatic rings. The Kier molecular flexibility index (Phi) is 9.49. The molecule has 19 heteroatoms. The standard InChI is InChI=1S/C30H24N8O8S3/c39-36(40)22-8-6-21(7-9-22)34-13-15-35(16-14-34)49(45,46)29-18-23(37(41)42)10-11-25(29)33-31-19-20-5-12-28(26(17-20)38(43)44)48-30-32-24-3-1-2-4-27(24)47-30/h1-12,17-19,33H,13-16H2/b31-19-. The average molecular weight is 721 g/mol. The third-order valence-corrected chi connectivity index (χ3v) is 11.6. The van der Waals surface area contributed by atoms with Crippen molar-refractivity contribution in [3.8, 4) is 0 Å². The molecule has 1 aliphatic heterocycles. The lowest BCUT2D eigenvalue weighted by Gasteiger charge is -2.35. The second-order valence-corrected chi connectivity index (χ2v) is 14.7. The maximum Gasteiger partial charge on any atom is 0.283 e. The summed E-state index contributed by atoms with van der Waals surface area (Å²) in [6.07, 6.45) is 1.28. The number of thiazole rings is 1. The predicted octanol–water partition coefficient (Wildman–Crippen LogP) is 6.13. The highest BCUT2D eigenvalue weighted by Gasteiger charge is 2.32. The van der Waals surface area contributed by atoms with Gasteiger partial charge in [-0.15, -0.1) is 11.3 Å².